The van der Waals surface area contributed by atoms with Crippen LogP contribution >= 0.6 is 0 Å². The van der Waals surface area contributed by atoms with Crippen molar-refractivity contribution in [2.24, 2.45) is 5.92 Å². The summed E-state index contributed by atoms with van der Waals surface area (Å²) in [5.74, 6) is -12.6. The summed E-state index contributed by atoms with van der Waals surface area (Å²) in [5.41, 5.74) is 4.71. The molecule has 6 aromatic rings. The Balaban J connectivity index is 0.968. The number of fused-ring (bicyclic) bond motifs is 1. The molecule has 306 valence electrons. The molecule has 8 rings (SSSR count). The van der Waals surface area contributed by atoms with Crippen molar-refractivity contribution in [2.75, 3.05) is 19.6 Å². The van der Waals surface area contributed by atoms with Gasteiger partial charge in [0, 0.05) is 43.7 Å². The lowest BCUT2D eigenvalue weighted by atomic mass is 9.89. The molecule has 2 fully saturated rings. The number of aromatic amines is 1. The molecule has 0 bridgehead atoms. The average molecular weight is 813 g/mol. The maximum Gasteiger partial charge on any atom is 0.326 e. The van der Waals surface area contributed by atoms with E-state index in [1.54, 1.807) is 18.2 Å². The summed E-state index contributed by atoms with van der Waals surface area (Å²) in [7, 11) is 0. The Hall–Kier alpha value is -5.67. The van der Waals surface area contributed by atoms with Crippen molar-refractivity contribution in [3.63, 3.8) is 0 Å². The Morgan fingerprint density at radius 1 is 0.780 bits per heavy atom. The molecule has 0 radical (unpaired) electrons. The summed E-state index contributed by atoms with van der Waals surface area (Å²) in [6.45, 7) is 4.05. The second-order valence-corrected chi connectivity index (χ2v) is 15.1. The van der Waals surface area contributed by atoms with Crippen molar-refractivity contribution in [3.8, 4) is 11.1 Å². The number of amides is 1. The van der Waals surface area contributed by atoms with Crippen molar-refractivity contribution in [3.05, 3.63) is 164 Å². The molecule has 0 saturated carbocycles. The summed E-state index contributed by atoms with van der Waals surface area (Å²) in [5, 5.41) is 11.9. The molecule has 14 heteroatoms. The number of halogens is 5. The highest BCUT2D eigenvalue weighted by Gasteiger charge is 2.40. The van der Waals surface area contributed by atoms with Gasteiger partial charge < -0.3 is 29.8 Å². The molecule has 0 spiro atoms. The van der Waals surface area contributed by atoms with Crippen molar-refractivity contribution < 1.29 is 41.3 Å². The smallest absolute Gasteiger partial charge is 0.326 e. The topological polar surface area (TPSA) is 109 Å². The molecule has 4 atom stereocenters. The van der Waals surface area contributed by atoms with Gasteiger partial charge in [-0.1, -0.05) is 85.8 Å². The minimum atomic E-state index is -2.34. The third-order valence-corrected chi connectivity index (χ3v) is 11.4. The molecule has 9 nitrogen and oxygen atoms in total. The number of likely N-dealkylation sites (tertiary alicyclic amines) is 1. The fourth-order valence-corrected chi connectivity index (χ4v) is 8.15. The lowest BCUT2D eigenvalue weighted by Crippen LogP contribution is -2.47. The van der Waals surface area contributed by atoms with Gasteiger partial charge in [0.2, 0.25) is 5.82 Å². The van der Waals surface area contributed by atoms with Gasteiger partial charge >= 0.3 is 5.69 Å². The number of aliphatic hydroxyl groups excluding tert-OH is 1. The first kappa shape index (κ1) is 40.1. The van der Waals surface area contributed by atoms with Crippen LogP contribution in [0.3, 0.4) is 0 Å². The number of nitrogens with zero attached hydrogens (tertiary/aromatic N) is 2. The van der Waals surface area contributed by atoms with Gasteiger partial charge in [-0.3, -0.25) is 9.36 Å². The molecular weight excluding hydrogens is 772 g/mol. The van der Waals surface area contributed by atoms with E-state index in [4.69, 9.17) is 9.47 Å². The van der Waals surface area contributed by atoms with Crippen LogP contribution in [0, 0.1) is 35.0 Å². The van der Waals surface area contributed by atoms with E-state index in [1.165, 1.54) is 0 Å². The number of rotatable bonds is 10. The Morgan fingerprint density at radius 3 is 2.14 bits per heavy atom. The number of carbonyl (C=O) groups excluding carboxylic acids is 1. The highest BCUT2D eigenvalue weighted by molar-refractivity contribution is 5.94. The van der Waals surface area contributed by atoms with Crippen molar-refractivity contribution in [1.82, 2.24) is 19.8 Å². The zero-order chi connectivity index (χ0) is 41.4. The molecule has 3 heterocycles. The number of nitrogens with one attached hydrogen (secondary N) is 2. The highest BCUT2D eigenvalue weighted by atomic mass is 19.2. The fraction of sp³-hybridized carbons (Fsp3) is 0.289. The van der Waals surface area contributed by atoms with Gasteiger partial charge in [-0.25, -0.2) is 26.7 Å². The first-order valence-corrected chi connectivity index (χ1v) is 19.4. The third-order valence-electron chi connectivity index (χ3n) is 11.4. The third kappa shape index (κ3) is 8.05. The van der Waals surface area contributed by atoms with Crippen LogP contribution in [0.2, 0.25) is 0 Å². The maximum absolute atomic E-state index is 14.2. The van der Waals surface area contributed by atoms with Gasteiger partial charge in [0.1, 0.15) is 5.56 Å². The van der Waals surface area contributed by atoms with Gasteiger partial charge in [0.15, 0.2) is 29.6 Å². The minimum absolute atomic E-state index is 0.0308. The molecule has 2 saturated heterocycles. The Morgan fingerprint density at radius 2 is 1.44 bits per heavy atom. The summed E-state index contributed by atoms with van der Waals surface area (Å²) >= 11 is 0. The van der Waals surface area contributed by atoms with Gasteiger partial charge in [0.25, 0.3) is 5.91 Å². The largest absolute Gasteiger partial charge is 0.392 e. The number of H-pyrrole nitrogens is 1. The van der Waals surface area contributed by atoms with E-state index in [0.717, 1.165) is 64.8 Å². The molecule has 5 aromatic carbocycles. The molecule has 0 aliphatic carbocycles. The van der Waals surface area contributed by atoms with E-state index in [0.29, 0.717) is 12.1 Å². The first-order valence-electron chi connectivity index (χ1n) is 19.4. The number of imidazole rings is 1. The van der Waals surface area contributed by atoms with E-state index >= 15 is 0 Å². The minimum Gasteiger partial charge on any atom is -0.392 e. The van der Waals surface area contributed by atoms with Crippen LogP contribution in [0.25, 0.3) is 22.2 Å². The number of ether oxygens (including phenoxy) is 2. The van der Waals surface area contributed by atoms with Crippen molar-refractivity contribution in [1.29, 1.82) is 0 Å². The zero-order valence-corrected chi connectivity index (χ0v) is 31.9. The quantitative estimate of drug-likeness (QED) is 0.0731. The van der Waals surface area contributed by atoms with Crippen LogP contribution in [0.4, 0.5) is 22.0 Å². The summed E-state index contributed by atoms with van der Waals surface area (Å²) in [6.07, 6.45) is 0.397. The predicted octanol–water partition coefficient (Wildman–Crippen LogP) is 8.24. The van der Waals surface area contributed by atoms with E-state index < -0.39 is 46.8 Å². The Labute approximate surface area is 336 Å². The van der Waals surface area contributed by atoms with Gasteiger partial charge in [-0.2, -0.15) is 0 Å². The van der Waals surface area contributed by atoms with Crippen LogP contribution in [0.5, 0.6) is 0 Å². The van der Waals surface area contributed by atoms with Crippen LogP contribution in [-0.4, -0.2) is 51.2 Å². The monoisotopic (exact) mass is 812 g/mol. The molecule has 2 aliphatic heterocycles. The summed E-state index contributed by atoms with van der Waals surface area (Å²) in [4.78, 5) is 30.8. The molecule has 0 unspecified atom stereocenters. The van der Waals surface area contributed by atoms with Crippen LogP contribution < -0.4 is 11.0 Å². The average Bonchev–Trinajstić information content (AvgIpc) is 3.61. The number of carbonyl (C=O) groups is 1. The van der Waals surface area contributed by atoms with Gasteiger partial charge in [0.05, 0.1) is 29.8 Å². The van der Waals surface area contributed by atoms with Crippen LogP contribution in [0.1, 0.15) is 70.8 Å². The Kier molecular flexibility index (Phi) is 11.5. The van der Waals surface area contributed by atoms with E-state index in [1.807, 2.05) is 83.4 Å². The SMILES string of the molecule is C[C@H]1[C@@H](CN2CCC(n3c(=O)[nH]c4ccccc43)CC2)O[C@@H](c2ccc(-c3cccc(CNC(=O)c4c(F)c(F)c(F)c(F)c4F)c3)cc2)O[C@H]1c1ccc(CO)cc1. The normalized spacial score (nSPS) is 20.3. The fourth-order valence-electron chi connectivity index (χ4n) is 8.15. The van der Waals surface area contributed by atoms with Crippen LogP contribution in [-0.2, 0) is 22.6 Å². The highest BCUT2D eigenvalue weighted by Crippen LogP contribution is 2.42. The zero-order valence-electron chi connectivity index (χ0n) is 31.9. The van der Waals surface area contributed by atoms with Crippen molar-refractivity contribution in [2.45, 2.75) is 57.5 Å². The predicted molar refractivity (Wildman–Crippen MR) is 210 cm³/mol. The van der Waals surface area contributed by atoms with Crippen LogP contribution in [0.15, 0.2) is 102 Å². The van der Waals surface area contributed by atoms with E-state index in [9.17, 15) is 36.6 Å². The molecule has 59 heavy (non-hydrogen) atoms. The molecule has 3 N–H and O–H groups in total. The molecule has 1 amide bonds. The number of aromatic nitrogens is 2. The number of benzene rings is 5. The van der Waals surface area contributed by atoms with Gasteiger partial charge in [-0.15, -0.1) is 0 Å². The van der Waals surface area contributed by atoms with Crippen molar-refractivity contribution >= 4 is 16.9 Å². The van der Waals surface area contributed by atoms with E-state index in [-0.39, 0.29) is 43.0 Å². The lowest BCUT2D eigenvalue weighted by molar-refractivity contribution is -0.276. The molecule has 2 aliphatic rings. The van der Waals surface area contributed by atoms with Gasteiger partial charge in [-0.05, 0) is 58.9 Å². The number of aliphatic hydroxyl groups is 1. The maximum atomic E-state index is 14.2. The second kappa shape index (κ2) is 16.9. The summed E-state index contributed by atoms with van der Waals surface area (Å²) < 4.78 is 84.5. The number of hydrogen-bond acceptors (Lipinski definition) is 6. The van der Waals surface area contributed by atoms with E-state index in [2.05, 4.69) is 22.1 Å². The lowest BCUT2D eigenvalue weighted by Gasteiger charge is -2.44. The number of piperidine rings is 1. The standard InChI is InChI=1S/C45H41F5N4O5/c1-25-35(23-53-19-17-32(18-20-53)54-34-8-3-2-7-33(34)52-45(54)57)58-44(59-42(25)29-11-9-26(24-55)10-12-29)30-15-13-28(14-16-30)31-6-4-5-27(21-31)22-51-43(56)36-37(46)39(48)41(50)40(49)38(36)47/h2-16,21,25,32,35,42,44,55H,17-20,22-24H2,1H3,(H,51,56)(H,52,57)/t25-,35+,42+,44+/m0/s1. The Bertz CT molecular complexity index is 2510. The molecule has 1 aromatic heterocycles. The summed E-state index contributed by atoms with van der Waals surface area (Å²) in [6, 6.07) is 30.1. The number of hydrogen-bond donors (Lipinski definition) is 3. The number of para-hydroxylation sites is 2. The first-order chi connectivity index (χ1) is 28.5. The molecular formula is C45H41F5N4O5. The second-order valence-electron chi connectivity index (χ2n) is 15.1.